The van der Waals surface area contributed by atoms with Crippen molar-refractivity contribution in [3.05, 3.63) is 70.3 Å². The molecule has 0 fully saturated rings. The fourth-order valence-corrected chi connectivity index (χ4v) is 1.95. The Kier molecular flexibility index (Phi) is 4.96. The van der Waals surface area contributed by atoms with E-state index in [9.17, 15) is 4.79 Å². The maximum atomic E-state index is 11.7. The number of amides is 2. The topological polar surface area (TPSA) is 41.1 Å². The molecular formula is C16H15BrN2O. The third-order valence-corrected chi connectivity index (χ3v) is 3.30. The molecule has 0 aliphatic heterocycles. The van der Waals surface area contributed by atoms with E-state index in [0.29, 0.717) is 0 Å². The van der Waals surface area contributed by atoms with Crippen molar-refractivity contribution in [2.75, 3.05) is 5.32 Å². The summed E-state index contributed by atoms with van der Waals surface area (Å²) >= 11 is 3.35. The quantitative estimate of drug-likeness (QED) is 0.851. The second-order valence-corrected chi connectivity index (χ2v) is 5.21. The van der Waals surface area contributed by atoms with Crippen LogP contribution in [0, 0.1) is 6.92 Å². The Hall–Kier alpha value is -2.07. The Morgan fingerprint density at radius 2 is 1.80 bits per heavy atom. The lowest BCUT2D eigenvalue weighted by atomic mass is 10.1. The van der Waals surface area contributed by atoms with Crippen molar-refractivity contribution in [3.63, 3.8) is 0 Å². The van der Waals surface area contributed by atoms with Crippen LogP contribution < -0.4 is 10.6 Å². The molecule has 0 spiro atoms. The highest BCUT2D eigenvalue weighted by Gasteiger charge is 1.98. The summed E-state index contributed by atoms with van der Waals surface area (Å²) in [5.41, 5.74) is 2.99. The minimum Gasteiger partial charge on any atom is -0.314 e. The smallest absolute Gasteiger partial charge is 0.314 e. The zero-order valence-corrected chi connectivity index (χ0v) is 12.6. The Balaban J connectivity index is 1.89. The summed E-state index contributed by atoms with van der Waals surface area (Å²) in [6.45, 7) is 2.03. The molecule has 0 aliphatic carbocycles. The van der Waals surface area contributed by atoms with Gasteiger partial charge in [-0.1, -0.05) is 40.2 Å². The average molecular weight is 331 g/mol. The van der Waals surface area contributed by atoms with Crippen LogP contribution in [0.2, 0.25) is 0 Å². The van der Waals surface area contributed by atoms with Crippen LogP contribution in [-0.2, 0) is 0 Å². The van der Waals surface area contributed by atoms with Crippen molar-refractivity contribution in [3.8, 4) is 0 Å². The van der Waals surface area contributed by atoms with E-state index >= 15 is 0 Å². The van der Waals surface area contributed by atoms with Gasteiger partial charge in [0.1, 0.15) is 0 Å². The van der Waals surface area contributed by atoms with Crippen LogP contribution in [0.1, 0.15) is 11.1 Å². The number of anilines is 1. The lowest BCUT2D eigenvalue weighted by molar-refractivity contribution is 0.255. The van der Waals surface area contributed by atoms with Crippen LogP contribution in [0.5, 0.6) is 0 Å². The second kappa shape index (κ2) is 6.91. The zero-order chi connectivity index (χ0) is 14.4. The van der Waals surface area contributed by atoms with Gasteiger partial charge in [-0.05, 0) is 48.4 Å². The van der Waals surface area contributed by atoms with Crippen LogP contribution in [0.15, 0.2) is 59.2 Å². The number of rotatable bonds is 3. The lowest BCUT2D eigenvalue weighted by Crippen LogP contribution is -2.23. The van der Waals surface area contributed by atoms with Crippen LogP contribution in [0.4, 0.5) is 10.5 Å². The molecule has 20 heavy (non-hydrogen) atoms. The number of carbonyl (C=O) groups is 1. The van der Waals surface area contributed by atoms with Gasteiger partial charge < -0.3 is 10.6 Å². The van der Waals surface area contributed by atoms with E-state index < -0.39 is 0 Å². The predicted molar refractivity (Wildman–Crippen MR) is 86.5 cm³/mol. The zero-order valence-electron chi connectivity index (χ0n) is 11.1. The van der Waals surface area contributed by atoms with Crippen molar-refractivity contribution in [2.24, 2.45) is 0 Å². The fourth-order valence-electron chi connectivity index (χ4n) is 1.68. The SMILES string of the molecule is Cc1ccccc1/C=C/NC(=O)Nc1ccc(Br)cc1. The first-order valence-corrected chi connectivity index (χ1v) is 7.00. The average Bonchev–Trinajstić information content (AvgIpc) is 2.43. The summed E-state index contributed by atoms with van der Waals surface area (Å²) in [5, 5.41) is 5.43. The monoisotopic (exact) mass is 330 g/mol. The molecular weight excluding hydrogens is 316 g/mol. The van der Waals surface area contributed by atoms with Crippen LogP contribution >= 0.6 is 15.9 Å². The van der Waals surface area contributed by atoms with Gasteiger partial charge in [-0.3, -0.25) is 0 Å². The standard InChI is InChI=1S/C16H15BrN2O/c1-12-4-2-3-5-13(12)10-11-18-16(20)19-15-8-6-14(17)7-9-15/h2-11H,1H3,(H2,18,19,20)/b11-10+. The normalized spacial score (nSPS) is 10.5. The molecule has 4 heteroatoms. The van der Waals surface area contributed by atoms with Gasteiger partial charge in [0, 0.05) is 16.4 Å². The van der Waals surface area contributed by atoms with Gasteiger partial charge >= 0.3 is 6.03 Å². The molecule has 0 saturated heterocycles. The van der Waals surface area contributed by atoms with Crippen molar-refractivity contribution in [1.29, 1.82) is 0 Å². The van der Waals surface area contributed by atoms with E-state index in [1.165, 1.54) is 5.56 Å². The van der Waals surface area contributed by atoms with E-state index in [1.807, 2.05) is 61.5 Å². The van der Waals surface area contributed by atoms with Crippen molar-refractivity contribution in [2.45, 2.75) is 6.92 Å². The van der Waals surface area contributed by atoms with E-state index in [-0.39, 0.29) is 6.03 Å². The van der Waals surface area contributed by atoms with Crippen molar-refractivity contribution >= 4 is 33.7 Å². The largest absolute Gasteiger partial charge is 0.323 e. The van der Waals surface area contributed by atoms with Crippen molar-refractivity contribution < 1.29 is 4.79 Å². The van der Waals surface area contributed by atoms with Gasteiger partial charge in [0.2, 0.25) is 0 Å². The summed E-state index contributed by atoms with van der Waals surface area (Å²) in [7, 11) is 0. The highest BCUT2D eigenvalue weighted by Crippen LogP contribution is 2.13. The third kappa shape index (κ3) is 4.24. The molecule has 3 nitrogen and oxygen atoms in total. The molecule has 0 aromatic heterocycles. The molecule has 102 valence electrons. The summed E-state index contributed by atoms with van der Waals surface area (Å²) in [6.07, 6.45) is 3.51. The minimum absolute atomic E-state index is 0.267. The van der Waals surface area contributed by atoms with E-state index in [2.05, 4.69) is 26.6 Å². The van der Waals surface area contributed by atoms with Gasteiger partial charge in [-0.2, -0.15) is 0 Å². The molecule has 2 rings (SSSR count). The Morgan fingerprint density at radius 1 is 1.10 bits per heavy atom. The maximum Gasteiger partial charge on any atom is 0.323 e. The summed E-state index contributed by atoms with van der Waals surface area (Å²) in [6, 6.07) is 15.1. The van der Waals surface area contributed by atoms with Crippen LogP contribution in [0.25, 0.3) is 6.08 Å². The fraction of sp³-hybridized carbons (Fsp3) is 0.0625. The van der Waals surface area contributed by atoms with E-state index in [0.717, 1.165) is 15.7 Å². The summed E-state index contributed by atoms with van der Waals surface area (Å²) in [4.78, 5) is 11.7. The minimum atomic E-state index is -0.267. The number of urea groups is 1. The molecule has 0 bridgehead atoms. The molecule has 2 N–H and O–H groups in total. The third-order valence-electron chi connectivity index (χ3n) is 2.77. The molecule has 0 aliphatic rings. The molecule has 2 aromatic rings. The highest BCUT2D eigenvalue weighted by molar-refractivity contribution is 9.10. The van der Waals surface area contributed by atoms with Crippen molar-refractivity contribution in [1.82, 2.24) is 5.32 Å². The van der Waals surface area contributed by atoms with Gasteiger partial charge in [0.05, 0.1) is 0 Å². The Morgan fingerprint density at radius 3 is 2.50 bits per heavy atom. The number of nitrogens with one attached hydrogen (secondary N) is 2. The first kappa shape index (κ1) is 14.3. The number of halogens is 1. The molecule has 0 radical (unpaired) electrons. The predicted octanol–water partition coefficient (Wildman–Crippen LogP) is 4.55. The van der Waals surface area contributed by atoms with Crippen LogP contribution in [-0.4, -0.2) is 6.03 Å². The molecule has 2 amide bonds. The van der Waals surface area contributed by atoms with Gasteiger partial charge in [0.25, 0.3) is 0 Å². The number of aryl methyl sites for hydroxylation is 1. The second-order valence-electron chi connectivity index (χ2n) is 4.30. The first-order chi connectivity index (χ1) is 9.65. The van der Waals surface area contributed by atoms with E-state index in [4.69, 9.17) is 0 Å². The molecule has 0 atom stereocenters. The highest BCUT2D eigenvalue weighted by atomic mass is 79.9. The first-order valence-electron chi connectivity index (χ1n) is 6.20. The molecule has 0 saturated carbocycles. The lowest BCUT2D eigenvalue weighted by Gasteiger charge is -2.04. The van der Waals surface area contributed by atoms with Crippen LogP contribution in [0.3, 0.4) is 0 Å². The summed E-state index contributed by atoms with van der Waals surface area (Å²) < 4.78 is 0.975. The molecule has 0 heterocycles. The number of benzene rings is 2. The van der Waals surface area contributed by atoms with Gasteiger partial charge in [0.15, 0.2) is 0 Å². The number of carbonyl (C=O) groups excluding carboxylic acids is 1. The maximum absolute atomic E-state index is 11.7. The number of hydrogen-bond donors (Lipinski definition) is 2. The van der Waals surface area contributed by atoms with Gasteiger partial charge in [-0.25, -0.2) is 4.79 Å². The molecule has 2 aromatic carbocycles. The van der Waals surface area contributed by atoms with Gasteiger partial charge in [-0.15, -0.1) is 0 Å². The summed E-state index contributed by atoms with van der Waals surface area (Å²) in [5.74, 6) is 0. The Bertz CT molecular complexity index is 621. The Labute approximate surface area is 126 Å². The number of hydrogen-bond acceptors (Lipinski definition) is 1. The molecule has 0 unspecified atom stereocenters. The van der Waals surface area contributed by atoms with E-state index in [1.54, 1.807) is 6.20 Å².